The van der Waals surface area contributed by atoms with E-state index in [1.54, 1.807) is 0 Å². The van der Waals surface area contributed by atoms with E-state index >= 15 is 0 Å². The van der Waals surface area contributed by atoms with Gasteiger partial charge in [-0.1, -0.05) is 5.92 Å². The predicted molar refractivity (Wildman–Crippen MR) is 45.4 cm³/mol. The molecule has 1 aliphatic heterocycles. The molecule has 0 saturated carbocycles. The molecule has 1 aliphatic rings. The first kappa shape index (κ1) is 9.08. The number of carbonyl (C=O) groups is 1. The molecule has 0 spiro atoms. The van der Waals surface area contributed by atoms with E-state index in [4.69, 9.17) is 0 Å². The number of hydrogen-bond acceptors (Lipinski definition) is 3. The molecule has 0 aromatic carbocycles. The summed E-state index contributed by atoms with van der Waals surface area (Å²) in [5.41, 5.74) is 0. The fourth-order valence-corrected chi connectivity index (χ4v) is 1.18. The molecular weight excluding hydrogens is 154 g/mol. The summed E-state index contributed by atoms with van der Waals surface area (Å²) >= 11 is 0. The quantitative estimate of drug-likeness (QED) is 0.317. The van der Waals surface area contributed by atoms with E-state index in [9.17, 15) is 4.79 Å². The maximum atomic E-state index is 10.6. The van der Waals surface area contributed by atoms with Crippen molar-refractivity contribution >= 4 is 5.97 Å². The van der Waals surface area contributed by atoms with Crippen LogP contribution in [0.25, 0.3) is 0 Å². The lowest BCUT2D eigenvalue weighted by molar-refractivity contribution is -0.133. The number of piperidine rings is 1. The molecular formula is C9H13NO2. The third-order valence-corrected chi connectivity index (χ3v) is 1.90. The fraction of sp³-hybridized carbons (Fsp3) is 0.667. The van der Waals surface area contributed by atoms with Crippen LogP contribution in [0.4, 0.5) is 0 Å². The Bertz CT molecular complexity index is 208. The zero-order valence-corrected chi connectivity index (χ0v) is 7.22. The molecule has 0 aromatic heterocycles. The van der Waals surface area contributed by atoms with Gasteiger partial charge in [-0.05, 0) is 25.9 Å². The number of esters is 1. The Balaban J connectivity index is 2.35. The van der Waals surface area contributed by atoms with Crippen molar-refractivity contribution in [1.82, 2.24) is 5.32 Å². The van der Waals surface area contributed by atoms with Crippen molar-refractivity contribution in [2.24, 2.45) is 5.92 Å². The van der Waals surface area contributed by atoms with Gasteiger partial charge in [0.15, 0.2) is 0 Å². The average Bonchev–Trinajstić information content (AvgIpc) is 2.16. The molecule has 0 aliphatic carbocycles. The minimum atomic E-state index is -0.437. The van der Waals surface area contributed by atoms with Crippen molar-refractivity contribution in [3.8, 4) is 11.8 Å². The highest BCUT2D eigenvalue weighted by Gasteiger charge is 2.09. The SMILES string of the molecule is COC(=O)C#CC1CCNCC1. The normalized spacial score (nSPS) is 17.8. The summed E-state index contributed by atoms with van der Waals surface area (Å²) in [4.78, 5) is 10.6. The van der Waals surface area contributed by atoms with Gasteiger partial charge in [-0.15, -0.1) is 0 Å². The Morgan fingerprint density at radius 2 is 2.17 bits per heavy atom. The topological polar surface area (TPSA) is 38.3 Å². The Morgan fingerprint density at radius 1 is 1.50 bits per heavy atom. The van der Waals surface area contributed by atoms with Crippen molar-refractivity contribution in [2.75, 3.05) is 20.2 Å². The lowest BCUT2D eigenvalue weighted by atomic mass is 9.99. The summed E-state index contributed by atoms with van der Waals surface area (Å²) < 4.78 is 4.41. The molecule has 1 rings (SSSR count). The van der Waals surface area contributed by atoms with E-state index in [2.05, 4.69) is 21.9 Å². The summed E-state index contributed by atoms with van der Waals surface area (Å²) in [6.45, 7) is 2.00. The summed E-state index contributed by atoms with van der Waals surface area (Å²) in [6.07, 6.45) is 2.06. The van der Waals surface area contributed by atoms with E-state index in [1.807, 2.05) is 0 Å². The summed E-state index contributed by atoms with van der Waals surface area (Å²) in [7, 11) is 1.35. The first-order valence-corrected chi connectivity index (χ1v) is 4.13. The van der Waals surface area contributed by atoms with Crippen LogP contribution in [-0.2, 0) is 9.53 Å². The molecule has 12 heavy (non-hydrogen) atoms. The smallest absolute Gasteiger partial charge is 0.384 e. The van der Waals surface area contributed by atoms with Crippen LogP contribution >= 0.6 is 0 Å². The van der Waals surface area contributed by atoms with Crippen molar-refractivity contribution in [3.63, 3.8) is 0 Å². The number of rotatable bonds is 0. The fourth-order valence-electron chi connectivity index (χ4n) is 1.18. The van der Waals surface area contributed by atoms with E-state index < -0.39 is 5.97 Å². The minimum Gasteiger partial charge on any atom is -0.459 e. The van der Waals surface area contributed by atoms with Crippen molar-refractivity contribution in [1.29, 1.82) is 0 Å². The van der Waals surface area contributed by atoms with Crippen LogP contribution in [0.3, 0.4) is 0 Å². The van der Waals surface area contributed by atoms with Crippen molar-refractivity contribution < 1.29 is 9.53 Å². The Labute approximate surface area is 72.5 Å². The van der Waals surface area contributed by atoms with E-state index in [-0.39, 0.29) is 0 Å². The zero-order chi connectivity index (χ0) is 8.81. The highest BCUT2D eigenvalue weighted by Crippen LogP contribution is 2.09. The number of nitrogens with one attached hydrogen (secondary N) is 1. The Morgan fingerprint density at radius 3 is 2.75 bits per heavy atom. The minimum absolute atomic E-state index is 0.366. The lowest BCUT2D eigenvalue weighted by Crippen LogP contribution is -2.27. The molecule has 0 atom stereocenters. The van der Waals surface area contributed by atoms with Crippen LogP contribution in [0.15, 0.2) is 0 Å². The second-order valence-corrected chi connectivity index (χ2v) is 2.79. The standard InChI is InChI=1S/C9H13NO2/c1-12-9(11)3-2-8-4-6-10-7-5-8/h8,10H,4-7H2,1H3. The van der Waals surface area contributed by atoms with Gasteiger partial charge >= 0.3 is 5.97 Å². The molecule has 3 nitrogen and oxygen atoms in total. The van der Waals surface area contributed by atoms with Gasteiger partial charge in [-0.2, -0.15) is 0 Å². The molecule has 0 aromatic rings. The van der Waals surface area contributed by atoms with Gasteiger partial charge in [0.1, 0.15) is 0 Å². The van der Waals surface area contributed by atoms with Crippen molar-refractivity contribution in [3.05, 3.63) is 0 Å². The third-order valence-electron chi connectivity index (χ3n) is 1.90. The van der Waals surface area contributed by atoms with Crippen LogP contribution in [0.2, 0.25) is 0 Å². The van der Waals surface area contributed by atoms with Crippen molar-refractivity contribution in [2.45, 2.75) is 12.8 Å². The van der Waals surface area contributed by atoms with Crippen LogP contribution in [-0.4, -0.2) is 26.2 Å². The molecule has 1 N–H and O–H groups in total. The first-order valence-electron chi connectivity index (χ1n) is 4.13. The Kier molecular flexibility index (Phi) is 3.62. The second-order valence-electron chi connectivity index (χ2n) is 2.79. The van der Waals surface area contributed by atoms with Gasteiger partial charge in [0.2, 0.25) is 0 Å². The number of ether oxygens (including phenoxy) is 1. The molecule has 0 radical (unpaired) electrons. The van der Waals surface area contributed by atoms with E-state index in [0.717, 1.165) is 25.9 Å². The largest absolute Gasteiger partial charge is 0.459 e. The maximum absolute atomic E-state index is 10.6. The van der Waals surface area contributed by atoms with E-state index in [1.165, 1.54) is 7.11 Å². The van der Waals surface area contributed by atoms with Crippen LogP contribution in [0, 0.1) is 17.8 Å². The van der Waals surface area contributed by atoms with Gasteiger partial charge in [0.25, 0.3) is 0 Å². The number of hydrogen-bond donors (Lipinski definition) is 1. The van der Waals surface area contributed by atoms with Crippen LogP contribution in [0.1, 0.15) is 12.8 Å². The summed E-state index contributed by atoms with van der Waals surface area (Å²) in [5.74, 6) is 5.30. The van der Waals surface area contributed by atoms with Gasteiger partial charge in [-0.3, -0.25) is 0 Å². The van der Waals surface area contributed by atoms with Gasteiger partial charge in [-0.25, -0.2) is 4.79 Å². The average molecular weight is 167 g/mol. The van der Waals surface area contributed by atoms with Gasteiger partial charge in [0.05, 0.1) is 7.11 Å². The molecule has 1 saturated heterocycles. The molecule has 1 fully saturated rings. The summed E-state index contributed by atoms with van der Waals surface area (Å²) in [6, 6.07) is 0. The molecule has 0 bridgehead atoms. The number of methoxy groups -OCH3 is 1. The lowest BCUT2D eigenvalue weighted by Gasteiger charge is -2.16. The van der Waals surface area contributed by atoms with Gasteiger partial charge < -0.3 is 10.1 Å². The third kappa shape index (κ3) is 2.93. The molecule has 3 heteroatoms. The van der Waals surface area contributed by atoms with Crippen LogP contribution in [0.5, 0.6) is 0 Å². The first-order chi connectivity index (χ1) is 5.83. The molecule has 0 unspecified atom stereocenters. The Hall–Kier alpha value is -1.01. The molecule has 66 valence electrons. The van der Waals surface area contributed by atoms with E-state index in [0.29, 0.717) is 5.92 Å². The van der Waals surface area contributed by atoms with Gasteiger partial charge in [0, 0.05) is 11.8 Å². The predicted octanol–water partition coefficient (Wildman–Crippen LogP) is 0.162. The highest BCUT2D eigenvalue weighted by molar-refractivity contribution is 5.88. The summed E-state index contributed by atoms with van der Waals surface area (Å²) in [5, 5.41) is 3.23. The monoisotopic (exact) mass is 167 g/mol. The highest BCUT2D eigenvalue weighted by atomic mass is 16.5. The maximum Gasteiger partial charge on any atom is 0.384 e. The number of carbonyl (C=O) groups excluding carboxylic acids is 1. The second kappa shape index (κ2) is 4.78. The molecule has 0 amide bonds. The molecule has 1 heterocycles. The van der Waals surface area contributed by atoms with Crippen LogP contribution < -0.4 is 5.32 Å². The zero-order valence-electron chi connectivity index (χ0n) is 7.22.